The van der Waals surface area contributed by atoms with Crippen LogP contribution in [-0.2, 0) is 14.6 Å². The van der Waals surface area contributed by atoms with Crippen LogP contribution in [0.3, 0.4) is 0 Å². The molecule has 15 heteroatoms. The van der Waals surface area contributed by atoms with Gasteiger partial charge < -0.3 is 25.8 Å². The first kappa shape index (κ1) is 45.4. The molecule has 0 radical (unpaired) electrons. The number of benzene rings is 2. The SMILES string of the molecule is COC1CCC(N2CCN(C3CC4(CCN(c5ccc(C(N)=O)c(S(=O)(=O)c6cnc(NCC7CCC(C)(O)CC7)c([N+](=O)[O-])c6)c5)CC4)C3)[C@H](c3ccccc3C(C)C)C2)CC1. The van der Waals surface area contributed by atoms with Gasteiger partial charge in [0.05, 0.1) is 32.0 Å². The maximum Gasteiger partial charge on any atom is 0.312 e. The van der Waals surface area contributed by atoms with Crippen LogP contribution >= 0.6 is 0 Å². The van der Waals surface area contributed by atoms with Crippen molar-refractivity contribution in [2.75, 3.05) is 56.6 Å². The van der Waals surface area contributed by atoms with E-state index in [1.807, 2.05) is 14.0 Å². The minimum absolute atomic E-state index is 0.0285. The molecule has 3 heterocycles. The molecule has 2 saturated heterocycles. The number of piperazine rings is 1. The fraction of sp³-hybridized carbons (Fsp3) is 0.625. The molecule has 1 atom stereocenters. The van der Waals surface area contributed by atoms with Crippen LogP contribution in [0.4, 0.5) is 17.2 Å². The monoisotopic (exact) mass is 885 g/mol. The number of piperidine rings is 1. The molecule has 0 unspecified atom stereocenters. The number of anilines is 2. The third-order valence-electron chi connectivity index (χ3n) is 15.5. The molecule has 1 spiro atoms. The Kier molecular flexibility index (Phi) is 13.3. The highest BCUT2D eigenvalue weighted by atomic mass is 32.2. The van der Waals surface area contributed by atoms with Gasteiger partial charge in [-0.15, -0.1) is 0 Å². The number of amides is 1. The van der Waals surface area contributed by atoms with E-state index in [1.54, 1.807) is 6.07 Å². The number of hydrogen-bond donors (Lipinski definition) is 3. The van der Waals surface area contributed by atoms with Crippen LogP contribution in [0.1, 0.15) is 131 Å². The van der Waals surface area contributed by atoms with Crippen LogP contribution in [0.15, 0.2) is 64.5 Å². The second kappa shape index (κ2) is 18.4. The number of aromatic nitrogens is 1. The van der Waals surface area contributed by atoms with E-state index in [0.29, 0.717) is 55.2 Å². The van der Waals surface area contributed by atoms with Gasteiger partial charge in [-0.05, 0) is 131 Å². The number of carbonyl (C=O) groups is 1. The molecule has 5 fully saturated rings. The summed E-state index contributed by atoms with van der Waals surface area (Å²) in [7, 11) is -2.61. The highest BCUT2D eigenvalue weighted by Crippen LogP contribution is 2.53. The van der Waals surface area contributed by atoms with Crippen molar-refractivity contribution in [2.24, 2.45) is 17.1 Å². The van der Waals surface area contributed by atoms with Crippen molar-refractivity contribution < 1.29 is 28.0 Å². The predicted octanol–water partition coefficient (Wildman–Crippen LogP) is 7.46. The number of methoxy groups -OCH3 is 1. The number of pyridine rings is 1. The van der Waals surface area contributed by atoms with Gasteiger partial charge in [0.15, 0.2) is 0 Å². The summed E-state index contributed by atoms with van der Waals surface area (Å²) in [5.74, 6) is -0.303. The van der Waals surface area contributed by atoms with Crippen LogP contribution < -0.4 is 16.0 Å². The van der Waals surface area contributed by atoms with Gasteiger partial charge in [-0.1, -0.05) is 38.1 Å². The first-order chi connectivity index (χ1) is 30.1. The van der Waals surface area contributed by atoms with Crippen molar-refractivity contribution in [1.29, 1.82) is 0 Å². The molecular formula is C48H67N7O7S. The molecular weight excluding hydrogens is 819 g/mol. The van der Waals surface area contributed by atoms with E-state index >= 15 is 0 Å². The quantitative estimate of drug-likeness (QED) is 0.114. The molecule has 3 saturated carbocycles. The summed E-state index contributed by atoms with van der Waals surface area (Å²) in [5.41, 5.74) is 8.16. The van der Waals surface area contributed by atoms with Gasteiger partial charge in [0.25, 0.3) is 0 Å². The van der Waals surface area contributed by atoms with E-state index < -0.39 is 32.0 Å². The van der Waals surface area contributed by atoms with E-state index in [0.717, 1.165) is 96.4 Å². The second-order valence-corrected chi connectivity index (χ2v) is 21.8. The van der Waals surface area contributed by atoms with E-state index in [9.17, 15) is 28.4 Å². The van der Waals surface area contributed by atoms with E-state index in [-0.39, 0.29) is 32.5 Å². The van der Waals surface area contributed by atoms with Crippen LogP contribution in [-0.4, -0.2) is 109 Å². The summed E-state index contributed by atoms with van der Waals surface area (Å²) in [5, 5.41) is 25.6. The maximum atomic E-state index is 14.3. The van der Waals surface area contributed by atoms with Crippen molar-refractivity contribution in [3.63, 3.8) is 0 Å². The zero-order valence-electron chi connectivity index (χ0n) is 37.5. The average molecular weight is 886 g/mol. The van der Waals surface area contributed by atoms with Gasteiger partial charge in [-0.3, -0.25) is 24.7 Å². The Morgan fingerprint density at radius 3 is 2.33 bits per heavy atom. The zero-order valence-corrected chi connectivity index (χ0v) is 38.3. The number of hydrogen-bond acceptors (Lipinski definition) is 12. The molecule has 63 heavy (non-hydrogen) atoms. The topological polar surface area (TPSA) is 184 Å². The van der Waals surface area contributed by atoms with Gasteiger partial charge >= 0.3 is 5.69 Å². The minimum atomic E-state index is -4.45. The van der Waals surface area contributed by atoms with Crippen molar-refractivity contribution in [3.05, 3.63) is 81.5 Å². The summed E-state index contributed by atoms with van der Waals surface area (Å²) in [4.78, 5) is 35.5. The molecule has 342 valence electrons. The average Bonchev–Trinajstić information content (AvgIpc) is 3.27. The van der Waals surface area contributed by atoms with Crippen LogP contribution in [0.5, 0.6) is 0 Å². The lowest BCUT2D eigenvalue weighted by Crippen LogP contribution is -2.61. The smallest absolute Gasteiger partial charge is 0.312 e. The summed E-state index contributed by atoms with van der Waals surface area (Å²) < 4.78 is 34.2. The van der Waals surface area contributed by atoms with Crippen molar-refractivity contribution >= 4 is 32.9 Å². The van der Waals surface area contributed by atoms with Crippen molar-refractivity contribution in [2.45, 2.75) is 143 Å². The molecule has 3 aliphatic carbocycles. The number of aliphatic hydroxyl groups is 1. The molecule has 1 amide bonds. The number of nitro groups is 1. The third-order valence-corrected chi connectivity index (χ3v) is 17.3. The minimum Gasteiger partial charge on any atom is -0.390 e. The van der Waals surface area contributed by atoms with E-state index in [1.165, 1.54) is 36.1 Å². The molecule has 8 rings (SSSR count). The number of rotatable bonds is 13. The number of carbonyl (C=O) groups excluding carboxylic acids is 1. The fourth-order valence-electron chi connectivity index (χ4n) is 11.5. The number of sulfone groups is 1. The van der Waals surface area contributed by atoms with Gasteiger partial charge in [0, 0.05) is 82.5 Å². The highest BCUT2D eigenvalue weighted by molar-refractivity contribution is 7.91. The molecule has 2 aromatic carbocycles. The summed E-state index contributed by atoms with van der Waals surface area (Å²) in [6, 6.07) is 16.2. The maximum absolute atomic E-state index is 14.3. The Morgan fingerprint density at radius 2 is 1.68 bits per heavy atom. The van der Waals surface area contributed by atoms with Gasteiger partial charge in [-0.25, -0.2) is 13.4 Å². The van der Waals surface area contributed by atoms with Crippen molar-refractivity contribution in [3.8, 4) is 0 Å². The van der Waals surface area contributed by atoms with Gasteiger partial charge in [0.2, 0.25) is 21.6 Å². The molecule has 1 aromatic heterocycles. The zero-order chi connectivity index (χ0) is 44.7. The Labute approximate surface area is 373 Å². The normalized spacial score (nSPS) is 27.3. The first-order valence-corrected chi connectivity index (χ1v) is 24.7. The summed E-state index contributed by atoms with van der Waals surface area (Å²) >= 11 is 0. The Bertz CT molecular complexity index is 2240. The van der Waals surface area contributed by atoms with Gasteiger partial charge in [0.1, 0.15) is 0 Å². The number of nitrogens with one attached hydrogen (secondary N) is 1. The molecule has 0 bridgehead atoms. The molecule has 14 nitrogen and oxygen atoms in total. The Morgan fingerprint density at radius 1 is 0.984 bits per heavy atom. The molecule has 5 aliphatic rings. The Balaban J connectivity index is 0.948. The Hall–Kier alpha value is -4.15. The van der Waals surface area contributed by atoms with Crippen LogP contribution in [0, 0.1) is 21.4 Å². The number of nitrogens with two attached hydrogens (primary N) is 1. The van der Waals surface area contributed by atoms with Gasteiger partial charge in [-0.2, -0.15) is 0 Å². The second-order valence-electron chi connectivity index (χ2n) is 19.9. The number of ether oxygens (including phenoxy) is 1. The standard InChI is InChI=1S/C48H67N7O7S/c1-32(2)39-7-5-6-8-40(39)43-31-53(34-9-12-37(62-4)13-10-34)23-24-54(43)36-27-48(28-36)19-21-52(22-20-48)35-11-14-41(45(49)56)44(25-35)63(60,61)38-26-42(55(58)59)46(51-30-38)50-29-33-15-17-47(3,57)18-16-33/h5-8,11,14,25-26,30,32-34,36-37,43,57H,9-10,12-13,15-24,27-29,31H2,1-4H3,(H2,49,56)(H,50,51)/t33?,34?,37?,43-,47?/m0/s1. The molecule has 3 aromatic rings. The lowest BCUT2D eigenvalue weighted by atomic mass is 9.59. The predicted molar refractivity (Wildman–Crippen MR) is 244 cm³/mol. The highest BCUT2D eigenvalue weighted by Gasteiger charge is 2.50. The van der Waals surface area contributed by atoms with Crippen LogP contribution in [0.2, 0.25) is 0 Å². The first-order valence-electron chi connectivity index (χ1n) is 23.2. The lowest BCUT2D eigenvalue weighted by Gasteiger charge is -2.59. The fourth-order valence-corrected chi connectivity index (χ4v) is 13.0. The van der Waals surface area contributed by atoms with Crippen LogP contribution in [0.25, 0.3) is 0 Å². The van der Waals surface area contributed by atoms with E-state index in [2.05, 4.69) is 63.1 Å². The summed E-state index contributed by atoms with van der Waals surface area (Å²) in [6.45, 7) is 11.5. The van der Waals surface area contributed by atoms with Crippen molar-refractivity contribution in [1.82, 2.24) is 14.8 Å². The largest absolute Gasteiger partial charge is 0.390 e. The number of primary amides is 1. The number of nitrogens with zero attached hydrogens (tertiary/aromatic N) is 5. The van der Waals surface area contributed by atoms with E-state index in [4.69, 9.17) is 10.5 Å². The summed E-state index contributed by atoms with van der Waals surface area (Å²) in [6.07, 6.45) is 13.1. The lowest BCUT2D eigenvalue weighted by molar-refractivity contribution is -0.384. The molecule has 2 aliphatic heterocycles. The third kappa shape index (κ3) is 9.64. The molecule has 4 N–H and O–H groups in total.